The van der Waals surface area contributed by atoms with E-state index >= 15 is 0 Å². The predicted molar refractivity (Wildman–Crippen MR) is 116 cm³/mol. The van der Waals surface area contributed by atoms with Crippen LogP contribution in [0.3, 0.4) is 0 Å². The van der Waals surface area contributed by atoms with Crippen molar-refractivity contribution in [2.45, 2.75) is 11.9 Å². The molecule has 3 aromatic rings. The van der Waals surface area contributed by atoms with Crippen molar-refractivity contribution in [1.82, 2.24) is 4.98 Å². The highest BCUT2D eigenvalue weighted by atomic mass is 32.2. The molecule has 28 heavy (non-hydrogen) atoms. The summed E-state index contributed by atoms with van der Waals surface area (Å²) < 4.78 is 11.4. The highest BCUT2D eigenvalue weighted by Gasteiger charge is 2.11. The summed E-state index contributed by atoms with van der Waals surface area (Å²) in [5.41, 5.74) is 8.75. The van der Waals surface area contributed by atoms with Crippen molar-refractivity contribution in [3.63, 3.8) is 0 Å². The summed E-state index contributed by atoms with van der Waals surface area (Å²) in [6.45, 7) is 0.578. The number of rotatable bonds is 6. The number of nitrogens with zero attached hydrogens (tertiary/aromatic N) is 2. The highest BCUT2D eigenvalue weighted by molar-refractivity contribution is 8.04. The Labute approximate surface area is 168 Å². The Hall–Kier alpha value is -2.83. The molecule has 1 aromatic heterocycles. The van der Waals surface area contributed by atoms with Gasteiger partial charge in [-0.3, -0.25) is 9.98 Å². The SMILES string of the molecule is COc1cccc(CCOc2ccnc3ccc(/C=C4/C=NC(N)S4)cc23)c1. The summed E-state index contributed by atoms with van der Waals surface area (Å²) in [5.74, 6) is 1.69. The quantitative estimate of drug-likeness (QED) is 0.680. The van der Waals surface area contributed by atoms with Crippen LogP contribution in [0, 0.1) is 0 Å². The van der Waals surface area contributed by atoms with Crippen molar-refractivity contribution in [2.75, 3.05) is 13.7 Å². The van der Waals surface area contributed by atoms with Crippen LogP contribution >= 0.6 is 11.8 Å². The third kappa shape index (κ3) is 4.35. The topological polar surface area (TPSA) is 69.7 Å². The molecule has 1 unspecified atom stereocenters. The summed E-state index contributed by atoms with van der Waals surface area (Å²) >= 11 is 1.54. The minimum Gasteiger partial charge on any atom is -0.497 e. The van der Waals surface area contributed by atoms with E-state index in [1.807, 2.05) is 42.6 Å². The number of hydrogen-bond acceptors (Lipinski definition) is 6. The summed E-state index contributed by atoms with van der Waals surface area (Å²) in [7, 11) is 1.68. The van der Waals surface area contributed by atoms with E-state index in [9.17, 15) is 0 Å². The molecule has 2 aromatic carbocycles. The number of aromatic nitrogens is 1. The van der Waals surface area contributed by atoms with Crippen molar-refractivity contribution < 1.29 is 9.47 Å². The molecule has 1 atom stereocenters. The lowest BCUT2D eigenvalue weighted by Gasteiger charge is -2.10. The van der Waals surface area contributed by atoms with Gasteiger partial charge in [0.1, 0.15) is 17.0 Å². The largest absolute Gasteiger partial charge is 0.497 e. The summed E-state index contributed by atoms with van der Waals surface area (Å²) in [6, 6.07) is 16.1. The van der Waals surface area contributed by atoms with Crippen LogP contribution in [0.15, 0.2) is 64.6 Å². The van der Waals surface area contributed by atoms with Crippen LogP contribution in [0.1, 0.15) is 11.1 Å². The lowest BCUT2D eigenvalue weighted by Crippen LogP contribution is -2.07. The van der Waals surface area contributed by atoms with Crippen LogP contribution in [0.25, 0.3) is 17.0 Å². The maximum atomic E-state index is 6.09. The van der Waals surface area contributed by atoms with E-state index in [0.29, 0.717) is 6.61 Å². The highest BCUT2D eigenvalue weighted by Crippen LogP contribution is 2.29. The van der Waals surface area contributed by atoms with Crippen molar-refractivity contribution in [3.8, 4) is 11.5 Å². The fourth-order valence-corrected chi connectivity index (χ4v) is 3.77. The molecule has 0 saturated heterocycles. The Bertz CT molecular complexity index is 1050. The van der Waals surface area contributed by atoms with Crippen LogP contribution in [0.4, 0.5) is 0 Å². The van der Waals surface area contributed by atoms with E-state index in [1.54, 1.807) is 25.1 Å². The third-order valence-corrected chi connectivity index (χ3v) is 5.28. The van der Waals surface area contributed by atoms with E-state index in [1.165, 1.54) is 5.56 Å². The van der Waals surface area contributed by atoms with Gasteiger partial charge < -0.3 is 15.2 Å². The molecule has 0 spiro atoms. The van der Waals surface area contributed by atoms with Gasteiger partial charge in [-0.05, 0) is 47.5 Å². The minimum atomic E-state index is -0.205. The molecule has 5 nitrogen and oxygen atoms in total. The Morgan fingerprint density at radius 2 is 2.11 bits per heavy atom. The first-order chi connectivity index (χ1) is 13.7. The number of pyridine rings is 1. The van der Waals surface area contributed by atoms with Gasteiger partial charge in [0, 0.05) is 29.1 Å². The van der Waals surface area contributed by atoms with Crippen molar-refractivity contribution >= 4 is 35.0 Å². The number of nitrogens with two attached hydrogens (primary N) is 1. The number of hydrogen-bond donors (Lipinski definition) is 1. The van der Waals surface area contributed by atoms with Crippen LogP contribution in [-0.4, -0.2) is 30.4 Å². The summed E-state index contributed by atoms with van der Waals surface area (Å²) in [5, 5.41) is 0.992. The fraction of sp³-hybridized carbons (Fsp3) is 0.182. The molecule has 142 valence electrons. The number of ether oxygens (including phenoxy) is 2. The maximum Gasteiger partial charge on any atom is 0.148 e. The van der Waals surface area contributed by atoms with Crippen LogP contribution < -0.4 is 15.2 Å². The Balaban J connectivity index is 1.51. The second kappa shape index (κ2) is 8.46. The van der Waals surface area contributed by atoms with Gasteiger partial charge in [0.25, 0.3) is 0 Å². The molecule has 0 saturated carbocycles. The zero-order valence-corrected chi connectivity index (χ0v) is 16.4. The molecule has 0 radical (unpaired) electrons. The number of thioether (sulfide) groups is 1. The fourth-order valence-electron chi connectivity index (χ4n) is 3.04. The van der Waals surface area contributed by atoms with Gasteiger partial charge in [-0.25, -0.2) is 0 Å². The summed E-state index contributed by atoms with van der Waals surface area (Å²) in [4.78, 5) is 9.68. The molecule has 2 N–H and O–H groups in total. The molecular weight excluding hydrogens is 370 g/mol. The molecule has 6 heteroatoms. The molecule has 0 bridgehead atoms. The first-order valence-corrected chi connectivity index (χ1v) is 9.91. The number of aliphatic imine (C=N–C) groups is 1. The second-order valence-electron chi connectivity index (χ2n) is 6.37. The van der Waals surface area contributed by atoms with Gasteiger partial charge in [-0.2, -0.15) is 0 Å². The first-order valence-electron chi connectivity index (χ1n) is 9.03. The molecule has 4 rings (SSSR count). The zero-order chi connectivity index (χ0) is 19.3. The number of allylic oxidation sites excluding steroid dienone is 1. The van der Waals surface area contributed by atoms with Crippen molar-refractivity contribution in [1.29, 1.82) is 0 Å². The van der Waals surface area contributed by atoms with E-state index in [0.717, 1.165) is 39.3 Å². The van der Waals surface area contributed by atoms with Gasteiger partial charge in [0.05, 0.1) is 19.2 Å². The molecule has 0 amide bonds. The summed E-state index contributed by atoms with van der Waals surface area (Å²) in [6.07, 6.45) is 6.47. The van der Waals surface area contributed by atoms with Gasteiger partial charge in [-0.1, -0.05) is 30.0 Å². The van der Waals surface area contributed by atoms with Crippen LogP contribution in [-0.2, 0) is 6.42 Å². The molecular formula is C22H21N3O2S. The van der Waals surface area contributed by atoms with Gasteiger partial charge in [0.2, 0.25) is 0 Å². The average molecular weight is 391 g/mol. The number of benzene rings is 2. The van der Waals surface area contributed by atoms with Crippen LogP contribution in [0.5, 0.6) is 11.5 Å². The van der Waals surface area contributed by atoms with Gasteiger partial charge in [-0.15, -0.1) is 0 Å². The van der Waals surface area contributed by atoms with E-state index in [2.05, 4.69) is 28.2 Å². The molecule has 0 fully saturated rings. The molecule has 0 aliphatic carbocycles. The average Bonchev–Trinajstić information content (AvgIpc) is 3.13. The van der Waals surface area contributed by atoms with E-state index < -0.39 is 0 Å². The predicted octanol–water partition coefficient (Wildman–Crippen LogP) is 4.27. The Morgan fingerprint density at radius 3 is 2.93 bits per heavy atom. The monoisotopic (exact) mass is 391 g/mol. The molecule has 1 aliphatic rings. The zero-order valence-electron chi connectivity index (χ0n) is 15.5. The maximum absolute atomic E-state index is 6.09. The first kappa shape index (κ1) is 18.5. The number of methoxy groups -OCH3 is 1. The number of fused-ring (bicyclic) bond motifs is 1. The van der Waals surface area contributed by atoms with Crippen LogP contribution in [0.2, 0.25) is 0 Å². The standard InChI is InChI=1S/C22H21N3O2S/c1-26-17-4-2-3-15(11-17)8-10-27-21-7-9-24-20-6-5-16(13-19(20)21)12-18-14-25-22(23)28-18/h2-7,9,11-14,22H,8,10,23H2,1H3/b18-12-. The minimum absolute atomic E-state index is 0.205. The lowest BCUT2D eigenvalue weighted by molar-refractivity contribution is 0.325. The van der Waals surface area contributed by atoms with Gasteiger partial charge in [0.15, 0.2) is 0 Å². The normalized spacial score (nSPS) is 17.4. The molecule has 1 aliphatic heterocycles. The van der Waals surface area contributed by atoms with E-state index in [4.69, 9.17) is 15.2 Å². The smallest absolute Gasteiger partial charge is 0.148 e. The third-order valence-electron chi connectivity index (χ3n) is 4.42. The lowest BCUT2D eigenvalue weighted by atomic mass is 10.1. The van der Waals surface area contributed by atoms with Gasteiger partial charge >= 0.3 is 0 Å². The second-order valence-corrected chi connectivity index (χ2v) is 7.56. The Morgan fingerprint density at radius 1 is 1.18 bits per heavy atom. The van der Waals surface area contributed by atoms with Crippen molar-refractivity contribution in [2.24, 2.45) is 10.7 Å². The van der Waals surface area contributed by atoms with Crippen molar-refractivity contribution in [3.05, 3.63) is 70.8 Å². The molecule has 2 heterocycles. The Kier molecular flexibility index (Phi) is 5.60. The van der Waals surface area contributed by atoms with E-state index in [-0.39, 0.29) is 5.50 Å².